The Bertz CT molecular complexity index is 746. The largest absolute Gasteiger partial charge is 0.466 e. The molecule has 0 aliphatic carbocycles. The van der Waals surface area contributed by atoms with Gasteiger partial charge in [0.15, 0.2) is 0 Å². The van der Waals surface area contributed by atoms with Crippen LogP contribution in [0, 0.1) is 27.7 Å². The summed E-state index contributed by atoms with van der Waals surface area (Å²) >= 11 is 0. The lowest BCUT2D eigenvalue weighted by atomic mass is 9.96. The molecule has 0 spiro atoms. The van der Waals surface area contributed by atoms with Crippen LogP contribution in [-0.4, -0.2) is 33.5 Å². The van der Waals surface area contributed by atoms with E-state index in [4.69, 9.17) is 4.42 Å². The molecule has 2 amide bonds. The zero-order chi connectivity index (χ0) is 18.8. The second-order valence-corrected chi connectivity index (χ2v) is 6.94. The number of aryl methyl sites for hydroxylation is 4. The normalized spacial score (nSPS) is 14.8. The molecular formula is C18H28N4O3. The van der Waals surface area contributed by atoms with Crippen LogP contribution in [0.2, 0.25) is 0 Å². The molecule has 0 aliphatic rings. The molecule has 0 bridgehead atoms. The number of nitrogens with zero attached hydrogens (tertiary/aromatic N) is 2. The number of rotatable bonds is 6. The molecule has 7 nitrogen and oxygen atoms in total. The summed E-state index contributed by atoms with van der Waals surface area (Å²) in [6, 6.07) is 3.37. The molecule has 2 rings (SSSR count). The van der Waals surface area contributed by atoms with E-state index in [1.165, 1.54) is 0 Å². The molecule has 3 N–H and O–H groups in total. The highest BCUT2D eigenvalue weighted by molar-refractivity contribution is 5.74. The van der Waals surface area contributed by atoms with Crippen molar-refractivity contribution in [3.63, 3.8) is 0 Å². The second kappa shape index (κ2) is 7.31. The first-order valence-corrected chi connectivity index (χ1v) is 8.44. The van der Waals surface area contributed by atoms with Crippen molar-refractivity contribution >= 4 is 6.03 Å². The van der Waals surface area contributed by atoms with Gasteiger partial charge in [-0.2, -0.15) is 5.10 Å². The Labute approximate surface area is 148 Å². The first-order valence-electron chi connectivity index (χ1n) is 8.44. The van der Waals surface area contributed by atoms with Crippen LogP contribution >= 0.6 is 0 Å². The summed E-state index contributed by atoms with van der Waals surface area (Å²) in [4.78, 5) is 12.1. The lowest BCUT2D eigenvalue weighted by Gasteiger charge is -2.24. The van der Waals surface area contributed by atoms with Crippen molar-refractivity contribution in [2.75, 3.05) is 6.54 Å². The minimum absolute atomic E-state index is 0.0886. The molecule has 7 heteroatoms. The van der Waals surface area contributed by atoms with Crippen LogP contribution in [0.3, 0.4) is 0 Å². The third-order valence-electron chi connectivity index (χ3n) is 4.14. The van der Waals surface area contributed by atoms with Crippen LogP contribution in [0.1, 0.15) is 42.3 Å². The smallest absolute Gasteiger partial charge is 0.315 e. The molecule has 0 saturated carbocycles. The van der Waals surface area contributed by atoms with Crippen LogP contribution in [0.15, 0.2) is 16.5 Å². The van der Waals surface area contributed by atoms with E-state index < -0.39 is 5.60 Å². The number of amides is 2. The van der Waals surface area contributed by atoms with E-state index in [0.29, 0.717) is 17.9 Å². The molecule has 0 fully saturated rings. The maximum absolute atomic E-state index is 12.1. The number of carbonyl (C=O) groups is 1. The molecule has 0 saturated heterocycles. The van der Waals surface area contributed by atoms with E-state index in [9.17, 15) is 9.90 Å². The topological polar surface area (TPSA) is 92.3 Å². The van der Waals surface area contributed by atoms with Gasteiger partial charge in [0.25, 0.3) is 0 Å². The summed E-state index contributed by atoms with van der Waals surface area (Å²) in [5, 5.41) is 20.6. The monoisotopic (exact) mass is 348 g/mol. The number of carbonyl (C=O) groups excluding carboxylic acids is 1. The SMILES string of the molecule is Cc1cc(C)n(C[C@@H](C)NC(=O)NC[C@@](C)(O)c2cc(C)oc2C)n1. The first kappa shape index (κ1) is 19.1. The molecular weight excluding hydrogens is 320 g/mol. The molecule has 0 aromatic carbocycles. The van der Waals surface area contributed by atoms with Crippen molar-refractivity contribution in [1.29, 1.82) is 0 Å². The number of hydrogen-bond acceptors (Lipinski definition) is 4. The maximum Gasteiger partial charge on any atom is 0.315 e. The van der Waals surface area contributed by atoms with E-state index in [1.807, 2.05) is 38.4 Å². The van der Waals surface area contributed by atoms with Crippen LogP contribution in [0.25, 0.3) is 0 Å². The maximum atomic E-state index is 12.1. The van der Waals surface area contributed by atoms with Crippen LogP contribution in [-0.2, 0) is 12.1 Å². The van der Waals surface area contributed by atoms with Crippen LogP contribution in [0.5, 0.6) is 0 Å². The van der Waals surface area contributed by atoms with Crippen molar-refractivity contribution in [1.82, 2.24) is 20.4 Å². The van der Waals surface area contributed by atoms with Gasteiger partial charge in [-0.15, -0.1) is 0 Å². The Hall–Kier alpha value is -2.28. The molecule has 2 aromatic rings. The van der Waals surface area contributed by atoms with E-state index >= 15 is 0 Å². The molecule has 0 aliphatic heterocycles. The predicted octanol–water partition coefficient (Wildman–Crippen LogP) is 2.31. The molecule has 0 radical (unpaired) electrons. The van der Waals surface area contributed by atoms with Gasteiger partial charge in [-0.1, -0.05) is 0 Å². The second-order valence-electron chi connectivity index (χ2n) is 6.94. The fourth-order valence-electron chi connectivity index (χ4n) is 2.95. The molecule has 138 valence electrons. The molecule has 2 aromatic heterocycles. The van der Waals surface area contributed by atoms with Crippen molar-refractivity contribution in [2.45, 2.75) is 59.7 Å². The van der Waals surface area contributed by atoms with Gasteiger partial charge in [-0.25, -0.2) is 4.79 Å². The number of urea groups is 1. The Kier molecular flexibility index (Phi) is 5.57. The molecule has 0 unspecified atom stereocenters. The third-order valence-corrected chi connectivity index (χ3v) is 4.14. The average Bonchev–Trinajstić information content (AvgIpc) is 2.98. The Balaban J connectivity index is 1.87. The van der Waals surface area contributed by atoms with Gasteiger partial charge >= 0.3 is 6.03 Å². The molecule has 25 heavy (non-hydrogen) atoms. The Morgan fingerprint density at radius 3 is 2.56 bits per heavy atom. The highest BCUT2D eigenvalue weighted by atomic mass is 16.3. The van der Waals surface area contributed by atoms with E-state index in [2.05, 4.69) is 15.7 Å². The lowest BCUT2D eigenvalue weighted by molar-refractivity contribution is 0.0577. The summed E-state index contributed by atoms with van der Waals surface area (Å²) in [6.07, 6.45) is 0. The van der Waals surface area contributed by atoms with Gasteiger partial charge in [-0.05, 0) is 53.7 Å². The van der Waals surface area contributed by atoms with Crippen molar-refractivity contribution in [2.24, 2.45) is 0 Å². The lowest BCUT2D eigenvalue weighted by Crippen LogP contribution is -2.47. The Morgan fingerprint density at radius 1 is 1.36 bits per heavy atom. The number of aromatic nitrogens is 2. The van der Waals surface area contributed by atoms with Gasteiger partial charge in [0, 0.05) is 17.3 Å². The summed E-state index contributed by atoms with van der Waals surface area (Å²) in [7, 11) is 0. The van der Waals surface area contributed by atoms with Crippen LogP contribution < -0.4 is 10.6 Å². The summed E-state index contributed by atoms with van der Waals surface area (Å²) < 4.78 is 7.32. The van der Waals surface area contributed by atoms with Gasteiger partial charge in [-0.3, -0.25) is 4.68 Å². The van der Waals surface area contributed by atoms with Crippen LogP contribution in [0.4, 0.5) is 4.79 Å². The minimum atomic E-state index is -1.20. The van der Waals surface area contributed by atoms with E-state index in [1.54, 1.807) is 19.9 Å². The zero-order valence-electron chi connectivity index (χ0n) is 15.8. The quantitative estimate of drug-likeness (QED) is 0.747. The summed E-state index contributed by atoms with van der Waals surface area (Å²) in [5.74, 6) is 1.39. The predicted molar refractivity (Wildman–Crippen MR) is 95.5 cm³/mol. The van der Waals surface area contributed by atoms with Gasteiger partial charge in [0.05, 0.1) is 18.8 Å². The fraction of sp³-hybridized carbons (Fsp3) is 0.556. The zero-order valence-corrected chi connectivity index (χ0v) is 15.8. The summed E-state index contributed by atoms with van der Waals surface area (Å²) in [6.45, 7) is 11.8. The van der Waals surface area contributed by atoms with Crippen molar-refractivity contribution in [3.8, 4) is 0 Å². The standard InChI is InChI=1S/C18H28N4O3/c1-11-7-13(3)22(21-11)9-12(2)20-17(23)19-10-18(6,24)16-8-14(4)25-15(16)5/h7-8,12,24H,9-10H2,1-6H3,(H2,19,20,23)/t12-,18-/m1/s1. The Morgan fingerprint density at radius 2 is 2.04 bits per heavy atom. The van der Waals surface area contributed by atoms with E-state index in [0.717, 1.165) is 17.1 Å². The molecule has 2 heterocycles. The van der Waals surface area contributed by atoms with E-state index in [-0.39, 0.29) is 18.6 Å². The first-order chi connectivity index (χ1) is 11.6. The number of hydrogen-bond donors (Lipinski definition) is 3. The highest BCUT2D eigenvalue weighted by Crippen LogP contribution is 2.26. The van der Waals surface area contributed by atoms with Gasteiger partial charge in [0.2, 0.25) is 0 Å². The number of nitrogens with one attached hydrogen (secondary N) is 2. The number of aliphatic hydroxyl groups is 1. The average molecular weight is 348 g/mol. The van der Waals surface area contributed by atoms with Crippen molar-refractivity contribution < 1.29 is 14.3 Å². The van der Waals surface area contributed by atoms with Gasteiger partial charge < -0.3 is 20.2 Å². The van der Waals surface area contributed by atoms with Gasteiger partial charge in [0.1, 0.15) is 17.1 Å². The van der Waals surface area contributed by atoms with Crippen molar-refractivity contribution in [3.05, 3.63) is 40.6 Å². The summed E-state index contributed by atoms with van der Waals surface area (Å²) in [5.41, 5.74) is 1.50. The fourth-order valence-corrected chi connectivity index (χ4v) is 2.95. The molecule has 2 atom stereocenters. The third kappa shape index (κ3) is 4.85. The number of furan rings is 1. The minimum Gasteiger partial charge on any atom is -0.466 e. The highest BCUT2D eigenvalue weighted by Gasteiger charge is 2.28.